The molecule has 1 aromatic carbocycles. The molecule has 1 aromatic rings. The van der Waals surface area contributed by atoms with Crippen molar-refractivity contribution in [3.63, 3.8) is 0 Å². The van der Waals surface area contributed by atoms with Crippen molar-refractivity contribution in [1.82, 2.24) is 5.32 Å². The molecule has 1 rings (SSSR count). The van der Waals surface area contributed by atoms with Crippen LogP contribution in [0.2, 0.25) is 0 Å². The number of ketones is 1. The maximum atomic E-state index is 11.4. The summed E-state index contributed by atoms with van der Waals surface area (Å²) in [6.45, 7) is 6.97. The summed E-state index contributed by atoms with van der Waals surface area (Å²) < 4.78 is 0.0929. The summed E-state index contributed by atoms with van der Waals surface area (Å²) in [5.74, 6) is 0.203. The van der Waals surface area contributed by atoms with Gasteiger partial charge in [-0.3, -0.25) is 10.1 Å². The molecule has 0 bridgehead atoms. The Morgan fingerprint density at radius 1 is 1.31 bits per heavy atom. The molecule has 88 valence electrons. The Labute approximate surface area is 111 Å². The summed E-state index contributed by atoms with van der Waals surface area (Å²) >= 11 is 2.36. The lowest BCUT2D eigenvalue weighted by Gasteiger charge is -2.18. The fourth-order valence-electron chi connectivity index (χ4n) is 1.32. The first kappa shape index (κ1) is 13.6. The van der Waals surface area contributed by atoms with Gasteiger partial charge in [0.05, 0.1) is 3.55 Å². The lowest BCUT2D eigenvalue weighted by atomic mass is 10.1. The molecule has 0 aliphatic carbocycles. The van der Waals surface area contributed by atoms with Crippen LogP contribution in [0.3, 0.4) is 0 Å². The van der Waals surface area contributed by atoms with Gasteiger partial charge in [0.1, 0.15) is 0 Å². The molecule has 3 heteroatoms. The SMILES string of the molecule is CCC(=O)c1ccc(CNC(C)(C)I)cc1. The minimum atomic E-state index is 0.0929. The zero-order valence-electron chi connectivity index (χ0n) is 10.0. The van der Waals surface area contributed by atoms with Gasteiger partial charge in [0.2, 0.25) is 0 Å². The number of carbonyl (C=O) groups is 1. The first-order valence-electron chi connectivity index (χ1n) is 5.48. The second kappa shape index (κ2) is 5.77. The molecular weight excluding hydrogens is 313 g/mol. The zero-order valence-corrected chi connectivity index (χ0v) is 12.2. The van der Waals surface area contributed by atoms with Crippen molar-refractivity contribution >= 4 is 28.4 Å². The van der Waals surface area contributed by atoms with Crippen LogP contribution in [0.25, 0.3) is 0 Å². The fourth-order valence-corrected chi connectivity index (χ4v) is 1.52. The third-order valence-electron chi connectivity index (χ3n) is 2.31. The Hall–Kier alpha value is -0.420. The molecule has 0 heterocycles. The Kier molecular flexibility index (Phi) is 4.92. The van der Waals surface area contributed by atoms with E-state index in [2.05, 4.69) is 41.8 Å². The summed E-state index contributed by atoms with van der Waals surface area (Å²) in [6.07, 6.45) is 0.568. The summed E-state index contributed by atoms with van der Waals surface area (Å²) in [5.41, 5.74) is 2.01. The molecule has 0 aliphatic heterocycles. The predicted octanol–water partition coefficient (Wildman–Crippen LogP) is 3.54. The number of nitrogens with one attached hydrogen (secondary N) is 1. The van der Waals surface area contributed by atoms with Crippen LogP contribution in [0.15, 0.2) is 24.3 Å². The number of Topliss-reactive ketones (excluding diaryl/α,β-unsaturated/α-hetero) is 1. The minimum Gasteiger partial charge on any atom is -0.299 e. The maximum absolute atomic E-state index is 11.4. The highest BCUT2D eigenvalue weighted by Crippen LogP contribution is 2.14. The summed E-state index contributed by atoms with van der Waals surface area (Å²) in [5, 5.41) is 3.40. The lowest BCUT2D eigenvalue weighted by molar-refractivity contribution is 0.0988. The molecule has 0 fully saturated rings. The van der Waals surface area contributed by atoms with Gasteiger partial charge >= 0.3 is 0 Å². The van der Waals surface area contributed by atoms with Gasteiger partial charge in [0.25, 0.3) is 0 Å². The second-order valence-electron chi connectivity index (χ2n) is 4.30. The topological polar surface area (TPSA) is 29.1 Å². The van der Waals surface area contributed by atoms with Gasteiger partial charge in [0, 0.05) is 18.5 Å². The van der Waals surface area contributed by atoms with E-state index in [1.165, 1.54) is 5.56 Å². The standard InChI is InChI=1S/C13H18INO/c1-4-12(16)11-7-5-10(6-8-11)9-15-13(2,3)14/h5-8,15H,4,9H2,1-3H3. The third-order valence-corrected chi connectivity index (χ3v) is 2.69. The van der Waals surface area contributed by atoms with Crippen molar-refractivity contribution in [2.24, 2.45) is 0 Å². The zero-order chi connectivity index (χ0) is 12.2. The highest BCUT2D eigenvalue weighted by molar-refractivity contribution is 14.1. The van der Waals surface area contributed by atoms with Crippen LogP contribution < -0.4 is 5.32 Å². The maximum Gasteiger partial charge on any atom is 0.162 e. The number of hydrogen-bond donors (Lipinski definition) is 1. The first-order chi connectivity index (χ1) is 7.42. The molecule has 0 atom stereocenters. The third kappa shape index (κ3) is 4.61. The molecule has 0 saturated carbocycles. The van der Waals surface area contributed by atoms with Gasteiger partial charge < -0.3 is 0 Å². The van der Waals surface area contributed by atoms with Crippen molar-refractivity contribution in [3.8, 4) is 0 Å². The van der Waals surface area contributed by atoms with Gasteiger partial charge in [-0.15, -0.1) is 0 Å². The van der Waals surface area contributed by atoms with Crippen LogP contribution in [-0.2, 0) is 6.54 Å². The van der Waals surface area contributed by atoms with E-state index < -0.39 is 0 Å². The molecule has 0 amide bonds. The van der Waals surface area contributed by atoms with Gasteiger partial charge in [-0.1, -0.05) is 53.8 Å². The number of hydrogen-bond acceptors (Lipinski definition) is 2. The van der Waals surface area contributed by atoms with E-state index in [1.807, 2.05) is 31.2 Å². The number of carbonyl (C=O) groups excluding carboxylic acids is 1. The van der Waals surface area contributed by atoms with E-state index in [0.717, 1.165) is 12.1 Å². The van der Waals surface area contributed by atoms with Gasteiger partial charge in [-0.2, -0.15) is 0 Å². The van der Waals surface area contributed by atoms with Crippen LogP contribution >= 0.6 is 22.6 Å². The predicted molar refractivity (Wildman–Crippen MR) is 76.0 cm³/mol. The monoisotopic (exact) mass is 331 g/mol. The Morgan fingerprint density at radius 3 is 2.31 bits per heavy atom. The molecule has 0 saturated heterocycles. The molecule has 0 aromatic heterocycles. The largest absolute Gasteiger partial charge is 0.299 e. The van der Waals surface area contributed by atoms with E-state index >= 15 is 0 Å². The highest BCUT2D eigenvalue weighted by Gasteiger charge is 2.10. The smallest absolute Gasteiger partial charge is 0.162 e. The summed E-state index contributed by atoms with van der Waals surface area (Å²) in [4.78, 5) is 11.4. The molecule has 2 nitrogen and oxygen atoms in total. The van der Waals surface area contributed by atoms with Crippen molar-refractivity contribution in [2.45, 2.75) is 37.3 Å². The summed E-state index contributed by atoms with van der Waals surface area (Å²) in [7, 11) is 0. The Bertz CT molecular complexity index is 351. The normalized spacial score (nSPS) is 11.5. The van der Waals surface area contributed by atoms with Crippen molar-refractivity contribution in [2.75, 3.05) is 0 Å². The Morgan fingerprint density at radius 2 is 1.88 bits per heavy atom. The van der Waals surface area contributed by atoms with Crippen molar-refractivity contribution in [3.05, 3.63) is 35.4 Å². The molecule has 1 N–H and O–H groups in total. The lowest BCUT2D eigenvalue weighted by Crippen LogP contribution is -2.31. The van der Waals surface area contributed by atoms with Gasteiger partial charge in [0.15, 0.2) is 5.78 Å². The van der Waals surface area contributed by atoms with Crippen LogP contribution in [0.5, 0.6) is 0 Å². The average molecular weight is 331 g/mol. The number of halogens is 1. The number of rotatable bonds is 5. The molecule has 16 heavy (non-hydrogen) atoms. The van der Waals surface area contributed by atoms with Crippen LogP contribution in [0.4, 0.5) is 0 Å². The Balaban J connectivity index is 2.62. The van der Waals surface area contributed by atoms with E-state index in [9.17, 15) is 4.79 Å². The van der Waals surface area contributed by atoms with E-state index in [0.29, 0.717) is 6.42 Å². The van der Waals surface area contributed by atoms with Crippen LogP contribution in [-0.4, -0.2) is 9.33 Å². The quantitative estimate of drug-likeness (QED) is 0.387. The van der Waals surface area contributed by atoms with Crippen LogP contribution in [0, 0.1) is 0 Å². The van der Waals surface area contributed by atoms with Crippen LogP contribution in [0.1, 0.15) is 43.1 Å². The molecule has 0 unspecified atom stereocenters. The molecule has 0 aliphatic rings. The van der Waals surface area contributed by atoms with Crippen molar-refractivity contribution in [1.29, 1.82) is 0 Å². The fraction of sp³-hybridized carbons (Fsp3) is 0.462. The molecule has 0 spiro atoms. The highest BCUT2D eigenvalue weighted by atomic mass is 127. The number of alkyl halides is 1. The van der Waals surface area contributed by atoms with E-state index in [1.54, 1.807) is 0 Å². The van der Waals surface area contributed by atoms with Gasteiger partial charge in [-0.05, 0) is 19.4 Å². The van der Waals surface area contributed by atoms with E-state index in [-0.39, 0.29) is 9.33 Å². The minimum absolute atomic E-state index is 0.0929. The summed E-state index contributed by atoms with van der Waals surface area (Å²) in [6, 6.07) is 7.84. The molecular formula is C13H18INO. The molecule has 0 radical (unpaired) electrons. The van der Waals surface area contributed by atoms with Gasteiger partial charge in [-0.25, -0.2) is 0 Å². The van der Waals surface area contributed by atoms with Crippen molar-refractivity contribution < 1.29 is 4.79 Å². The average Bonchev–Trinajstić information content (AvgIpc) is 2.25. The van der Waals surface area contributed by atoms with E-state index in [4.69, 9.17) is 0 Å². The second-order valence-corrected chi connectivity index (χ2v) is 7.00. The first-order valence-corrected chi connectivity index (χ1v) is 6.56. The number of benzene rings is 1.